The molecule has 3 heteroatoms. The zero-order chi connectivity index (χ0) is 18.8. The van der Waals surface area contributed by atoms with Gasteiger partial charge in [0, 0.05) is 23.2 Å². The fraction of sp³-hybridized carbons (Fsp3) is 0.0417. The predicted octanol–water partition coefficient (Wildman–Crippen LogP) is 6.15. The van der Waals surface area contributed by atoms with E-state index in [1.54, 1.807) is 10.6 Å². The molecule has 0 spiro atoms. The molecule has 132 valence electrons. The lowest BCUT2D eigenvalue weighted by atomic mass is 9.91. The summed E-state index contributed by atoms with van der Waals surface area (Å²) in [6.07, 6.45) is 0. The van der Waals surface area contributed by atoms with Crippen LogP contribution in [0.4, 0.5) is 0 Å². The van der Waals surface area contributed by atoms with Crippen molar-refractivity contribution < 1.29 is 0 Å². The van der Waals surface area contributed by atoms with Gasteiger partial charge in [-0.15, -0.1) is 0 Å². The third kappa shape index (κ3) is 3.38. The molecule has 0 aliphatic carbocycles. The molecule has 0 bridgehead atoms. The number of benzene rings is 3. The maximum Gasteiger partial charge on any atom is 0.251 e. The summed E-state index contributed by atoms with van der Waals surface area (Å²) in [4.78, 5) is 12.8. The summed E-state index contributed by atoms with van der Waals surface area (Å²) in [5.74, 6) is 0. The number of aromatic nitrogens is 1. The first-order valence-electron chi connectivity index (χ1n) is 8.76. The predicted molar refractivity (Wildman–Crippen MR) is 116 cm³/mol. The second-order valence-corrected chi connectivity index (χ2v) is 7.33. The molecular weight excluding hydrogens is 398 g/mol. The van der Waals surface area contributed by atoms with Crippen LogP contribution in [-0.2, 0) is 7.05 Å². The molecule has 0 N–H and O–H groups in total. The van der Waals surface area contributed by atoms with E-state index < -0.39 is 0 Å². The summed E-state index contributed by atoms with van der Waals surface area (Å²) in [5, 5.41) is 0. The zero-order valence-corrected chi connectivity index (χ0v) is 16.5. The second kappa shape index (κ2) is 7.37. The van der Waals surface area contributed by atoms with E-state index in [0.29, 0.717) is 0 Å². The van der Waals surface area contributed by atoms with Crippen LogP contribution in [0.25, 0.3) is 33.5 Å². The molecule has 2 nitrogen and oxygen atoms in total. The molecular formula is C24H18BrNO. The molecule has 4 aromatic rings. The Balaban J connectivity index is 2.12. The Morgan fingerprint density at radius 2 is 1.26 bits per heavy atom. The summed E-state index contributed by atoms with van der Waals surface area (Å²) in [6, 6.07) is 30.2. The quantitative estimate of drug-likeness (QED) is 0.393. The maximum absolute atomic E-state index is 12.8. The van der Waals surface area contributed by atoms with E-state index in [4.69, 9.17) is 0 Å². The number of hydrogen-bond donors (Lipinski definition) is 0. The van der Waals surface area contributed by atoms with Gasteiger partial charge in [0.2, 0.25) is 0 Å². The van der Waals surface area contributed by atoms with E-state index in [1.807, 2.05) is 79.8 Å². The van der Waals surface area contributed by atoms with E-state index in [0.717, 1.165) is 38.0 Å². The van der Waals surface area contributed by atoms with Crippen molar-refractivity contribution in [2.24, 2.45) is 7.05 Å². The van der Waals surface area contributed by atoms with Crippen molar-refractivity contribution in [1.82, 2.24) is 4.57 Å². The number of hydrogen-bond acceptors (Lipinski definition) is 1. The number of pyridine rings is 1. The summed E-state index contributed by atoms with van der Waals surface area (Å²) < 4.78 is 2.74. The number of halogens is 1. The number of rotatable bonds is 3. The molecule has 0 atom stereocenters. The van der Waals surface area contributed by atoms with Crippen molar-refractivity contribution in [2.45, 2.75) is 0 Å². The Morgan fingerprint density at radius 1 is 0.704 bits per heavy atom. The highest BCUT2D eigenvalue weighted by molar-refractivity contribution is 9.10. The molecule has 0 saturated carbocycles. The second-order valence-electron chi connectivity index (χ2n) is 6.42. The minimum absolute atomic E-state index is 0.0218. The fourth-order valence-electron chi connectivity index (χ4n) is 3.39. The monoisotopic (exact) mass is 415 g/mol. The molecule has 3 aromatic carbocycles. The van der Waals surface area contributed by atoms with Gasteiger partial charge in [0.05, 0.1) is 5.69 Å². The smallest absolute Gasteiger partial charge is 0.251 e. The normalized spacial score (nSPS) is 10.7. The average Bonchev–Trinajstić information content (AvgIpc) is 2.72. The molecule has 0 amide bonds. The van der Waals surface area contributed by atoms with Gasteiger partial charge in [-0.25, -0.2) is 0 Å². The van der Waals surface area contributed by atoms with Crippen molar-refractivity contribution in [1.29, 1.82) is 0 Å². The van der Waals surface area contributed by atoms with Crippen LogP contribution < -0.4 is 5.56 Å². The molecule has 4 rings (SSSR count). The van der Waals surface area contributed by atoms with E-state index in [1.165, 1.54) is 0 Å². The van der Waals surface area contributed by atoms with E-state index >= 15 is 0 Å². The van der Waals surface area contributed by atoms with Gasteiger partial charge in [0.15, 0.2) is 0 Å². The highest BCUT2D eigenvalue weighted by Gasteiger charge is 2.18. The van der Waals surface area contributed by atoms with Gasteiger partial charge in [-0.3, -0.25) is 4.79 Å². The van der Waals surface area contributed by atoms with Gasteiger partial charge in [0.25, 0.3) is 5.56 Å². The molecule has 0 radical (unpaired) electrons. The Labute approximate surface area is 166 Å². The van der Waals surface area contributed by atoms with Crippen LogP contribution in [0.2, 0.25) is 0 Å². The Kier molecular flexibility index (Phi) is 4.78. The van der Waals surface area contributed by atoms with Crippen LogP contribution in [0.3, 0.4) is 0 Å². The molecule has 0 unspecified atom stereocenters. The van der Waals surface area contributed by atoms with Crippen LogP contribution in [-0.4, -0.2) is 4.57 Å². The molecule has 0 aliphatic rings. The molecule has 1 heterocycles. The Bertz CT molecular complexity index is 1130. The van der Waals surface area contributed by atoms with Crippen molar-refractivity contribution in [3.8, 4) is 33.5 Å². The lowest BCUT2D eigenvalue weighted by Crippen LogP contribution is -2.19. The highest BCUT2D eigenvalue weighted by atomic mass is 79.9. The van der Waals surface area contributed by atoms with Gasteiger partial charge in [-0.2, -0.15) is 0 Å². The fourth-order valence-corrected chi connectivity index (χ4v) is 3.65. The van der Waals surface area contributed by atoms with Gasteiger partial charge in [-0.05, 0) is 34.4 Å². The Hall–Kier alpha value is -2.91. The number of nitrogens with zero attached hydrogens (tertiary/aromatic N) is 1. The summed E-state index contributed by atoms with van der Waals surface area (Å²) in [7, 11) is 1.83. The topological polar surface area (TPSA) is 22.0 Å². The van der Waals surface area contributed by atoms with Gasteiger partial charge in [0.1, 0.15) is 0 Å². The van der Waals surface area contributed by atoms with Gasteiger partial charge in [-0.1, -0.05) is 88.7 Å². The molecule has 0 saturated heterocycles. The SMILES string of the molecule is Cn1c(-c2ccc(Br)cc2)c(-c2ccccc2)c(-c2ccccc2)cc1=O. The highest BCUT2D eigenvalue weighted by Crippen LogP contribution is 2.38. The third-order valence-corrected chi connectivity index (χ3v) is 5.23. The van der Waals surface area contributed by atoms with Crippen LogP contribution in [0.1, 0.15) is 0 Å². The van der Waals surface area contributed by atoms with Gasteiger partial charge >= 0.3 is 0 Å². The first-order chi connectivity index (χ1) is 13.1. The standard InChI is InChI=1S/C24H18BrNO/c1-26-22(27)16-21(17-8-4-2-5-9-17)23(18-10-6-3-7-11-18)24(26)19-12-14-20(25)15-13-19/h2-16H,1H3. The molecule has 0 fully saturated rings. The lowest BCUT2D eigenvalue weighted by Gasteiger charge is -2.19. The van der Waals surface area contributed by atoms with E-state index in [2.05, 4.69) is 28.1 Å². The minimum Gasteiger partial charge on any atom is -0.311 e. The van der Waals surface area contributed by atoms with Crippen LogP contribution >= 0.6 is 15.9 Å². The van der Waals surface area contributed by atoms with Crippen molar-refractivity contribution in [3.05, 3.63) is 106 Å². The molecule has 27 heavy (non-hydrogen) atoms. The first-order valence-corrected chi connectivity index (χ1v) is 9.55. The zero-order valence-electron chi connectivity index (χ0n) is 14.9. The van der Waals surface area contributed by atoms with E-state index in [9.17, 15) is 4.79 Å². The molecule has 0 aliphatic heterocycles. The van der Waals surface area contributed by atoms with Crippen LogP contribution in [0.5, 0.6) is 0 Å². The van der Waals surface area contributed by atoms with Crippen LogP contribution in [0.15, 0.2) is 100 Å². The van der Waals surface area contributed by atoms with Crippen molar-refractivity contribution in [2.75, 3.05) is 0 Å². The first kappa shape index (κ1) is 17.5. The van der Waals surface area contributed by atoms with Crippen molar-refractivity contribution in [3.63, 3.8) is 0 Å². The summed E-state index contributed by atoms with van der Waals surface area (Å²) in [6.45, 7) is 0. The van der Waals surface area contributed by atoms with Crippen LogP contribution in [0, 0.1) is 0 Å². The maximum atomic E-state index is 12.8. The van der Waals surface area contributed by atoms with E-state index in [-0.39, 0.29) is 5.56 Å². The van der Waals surface area contributed by atoms with Gasteiger partial charge < -0.3 is 4.57 Å². The largest absolute Gasteiger partial charge is 0.311 e. The summed E-state index contributed by atoms with van der Waals surface area (Å²) in [5.41, 5.74) is 6.03. The Morgan fingerprint density at radius 3 is 1.85 bits per heavy atom. The lowest BCUT2D eigenvalue weighted by molar-refractivity contribution is 0.873. The summed E-state index contributed by atoms with van der Waals surface area (Å²) >= 11 is 3.50. The van der Waals surface area contributed by atoms with Crippen molar-refractivity contribution >= 4 is 15.9 Å². The molecule has 1 aromatic heterocycles. The third-order valence-electron chi connectivity index (χ3n) is 4.70. The minimum atomic E-state index is -0.0218. The average molecular weight is 416 g/mol.